The maximum Gasteiger partial charge on any atom is 0.0701 e. The van der Waals surface area contributed by atoms with Gasteiger partial charge in [0.05, 0.1) is 46.2 Å². The zero-order chi connectivity index (χ0) is 16.8. The Labute approximate surface area is 147 Å². The fourth-order valence-corrected chi connectivity index (χ4v) is 3.01. The van der Waals surface area contributed by atoms with Crippen LogP contribution < -0.4 is 0 Å². The van der Waals surface area contributed by atoms with Gasteiger partial charge in [-0.15, -0.1) is 0 Å². The van der Waals surface area contributed by atoms with E-state index in [0.717, 1.165) is 12.4 Å². The van der Waals surface area contributed by atoms with Crippen LogP contribution in [0.3, 0.4) is 0 Å². The smallest absolute Gasteiger partial charge is 0.0701 e. The summed E-state index contributed by atoms with van der Waals surface area (Å²) in [6.45, 7) is 5.90. The molecule has 0 radical (unpaired) electrons. The minimum atomic E-state index is 0.0692. The second kappa shape index (κ2) is 22.2. The van der Waals surface area contributed by atoms with Gasteiger partial charge in [-0.3, -0.25) is 0 Å². The number of aliphatic hydroxyl groups excluding tert-OH is 1. The van der Waals surface area contributed by atoms with Crippen LogP contribution >= 0.6 is 11.8 Å². The van der Waals surface area contributed by atoms with Gasteiger partial charge in [0.1, 0.15) is 0 Å². The molecule has 0 amide bonds. The lowest BCUT2D eigenvalue weighted by atomic mass is 10.1. The lowest BCUT2D eigenvalue weighted by molar-refractivity contribution is 0.0100. The molecule has 0 bridgehead atoms. The summed E-state index contributed by atoms with van der Waals surface area (Å²) in [6.07, 6.45) is 11.1. The molecule has 0 aliphatic carbocycles. The first kappa shape index (κ1) is 23.2. The molecule has 5 heteroatoms. The standard InChI is InChI=1S/C18H38O4S/c1-2-3-4-5-6-7-8-9-17-23-18-16-22-15-14-21-13-12-20-11-10-19/h19H,2-18H2,1H3. The molecule has 0 rings (SSSR count). The molecule has 0 unspecified atom stereocenters. The Balaban J connectivity index is 2.92. The highest BCUT2D eigenvalue weighted by Gasteiger charge is 1.94. The Morgan fingerprint density at radius 1 is 0.609 bits per heavy atom. The molecule has 0 aromatic rings. The van der Waals surface area contributed by atoms with Gasteiger partial charge in [-0.2, -0.15) is 11.8 Å². The van der Waals surface area contributed by atoms with Gasteiger partial charge in [-0.1, -0.05) is 51.9 Å². The number of rotatable bonds is 20. The quantitative estimate of drug-likeness (QED) is 0.337. The molecule has 1 N–H and O–H groups in total. The fraction of sp³-hybridized carbons (Fsp3) is 1.00. The highest BCUT2D eigenvalue weighted by molar-refractivity contribution is 7.99. The second-order valence-electron chi connectivity index (χ2n) is 5.65. The van der Waals surface area contributed by atoms with E-state index in [-0.39, 0.29) is 6.61 Å². The van der Waals surface area contributed by atoms with E-state index in [4.69, 9.17) is 19.3 Å². The largest absolute Gasteiger partial charge is 0.394 e. The van der Waals surface area contributed by atoms with Crippen LogP contribution in [0.15, 0.2) is 0 Å². The SMILES string of the molecule is CCCCCCCCCCSCCOCCOCCOCCO. The zero-order valence-electron chi connectivity index (χ0n) is 15.1. The van der Waals surface area contributed by atoms with Gasteiger partial charge in [0.2, 0.25) is 0 Å². The summed E-state index contributed by atoms with van der Waals surface area (Å²) in [7, 11) is 0. The van der Waals surface area contributed by atoms with E-state index in [2.05, 4.69) is 6.92 Å². The molecule has 0 saturated heterocycles. The Hall–Kier alpha value is 0.190. The third-order valence-electron chi connectivity index (χ3n) is 3.49. The van der Waals surface area contributed by atoms with Crippen LogP contribution in [0, 0.1) is 0 Å². The molecule has 0 saturated carbocycles. The Morgan fingerprint density at radius 3 is 1.74 bits per heavy atom. The minimum absolute atomic E-state index is 0.0692. The van der Waals surface area contributed by atoms with Crippen molar-refractivity contribution < 1.29 is 19.3 Å². The molecule has 0 aliphatic rings. The zero-order valence-corrected chi connectivity index (χ0v) is 15.9. The highest BCUT2D eigenvalue weighted by atomic mass is 32.2. The van der Waals surface area contributed by atoms with Crippen molar-refractivity contribution in [2.24, 2.45) is 0 Å². The van der Waals surface area contributed by atoms with Gasteiger partial charge in [0.15, 0.2) is 0 Å². The predicted octanol–water partition coefficient (Wildman–Crippen LogP) is 3.90. The van der Waals surface area contributed by atoms with Crippen molar-refractivity contribution in [3.8, 4) is 0 Å². The monoisotopic (exact) mass is 350 g/mol. The van der Waals surface area contributed by atoms with Crippen molar-refractivity contribution in [2.75, 3.05) is 57.8 Å². The normalized spacial score (nSPS) is 11.2. The molecule has 140 valence electrons. The maximum atomic E-state index is 8.52. The van der Waals surface area contributed by atoms with Crippen LogP contribution in [-0.4, -0.2) is 62.9 Å². The van der Waals surface area contributed by atoms with Crippen molar-refractivity contribution >= 4 is 11.8 Å². The summed E-state index contributed by atoms with van der Waals surface area (Å²) in [5, 5.41) is 8.52. The molecule has 0 spiro atoms. The number of thioether (sulfide) groups is 1. The molecule has 0 atom stereocenters. The van der Waals surface area contributed by atoms with Crippen molar-refractivity contribution in [1.82, 2.24) is 0 Å². The van der Waals surface area contributed by atoms with Crippen molar-refractivity contribution in [3.63, 3.8) is 0 Å². The van der Waals surface area contributed by atoms with Gasteiger partial charge in [0.25, 0.3) is 0 Å². The molecule has 0 heterocycles. The van der Waals surface area contributed by atoms with Crippen LogP contribution in [-0.2, 0) is 14.2 Å². The van der Waals surface area contributed by atoms with Gasteiger partial charge in [0, 0.05) is 5.75 Å². The average molecular weight is 351 g/mol. The third-order valence-corrected chi connectivity index (χ3v) is 4.53. The summed E-state index contributed by atoms with van der Waals surface area (Å²) in [4.78, 5) is 0. The first-order valence-electron chi connectivity index (χ1n) is 9.33. The lowest BCUT2D eigenvalue weighted by Crippen LogP contribution is -2.11. The second-order valence-corrected chi connectivity index (χ2v) is 6.87. The van der Waals surface area contributed by atoms with Gasteiger partial charge in [-0.05, 0) is 12.2 Å². The van der Waals surface area contributed by atoms with E-state index in [1.54, 1.807) is 0 Å². The first-order chi connectivity index (χ1) is 11.4. The summed E-state index contributed by atoms with van der Waals surface area (Å²) in [5.74, 6) is 2.34. The fourth-order valence-electron chi connectivity index (χ4n) is 2.16. The number of aliphatic hydroxyl groups is 1. The molecular formula is C18H38O4S. The summed E-state index contributed by atoms with van der Waals surface area (Å²) in [6, 6.07) is 0. The van der Waals surface area contributed by atoms with E-state index in [9.17, 15) is 0 Å². The number of unbranched alkanes of at least 4 members (excludes halogenated alkanes) is 7. The Morgan fingerprint density at radius 2 is 1.13 bits per heavy atom. The maximum absolute atomic E-state index is 8.52. The van der Waals surface area contributed by atoms with Crippen molar-refractivity contribution in [2.45, 2.75) is 58.3 Å². The van der Waals surface area contributed by atoms with E-state index < -0.39 is 0 Å². The molecule has 0 fully saturated rings. The van der Waals surface area contributed by atoms with Gasteiger partial charge >= 0.3 is 0 Å². The Kier molecular flexibility index (Phi) is 22.4. The minimum Gasteiger partial charge on any atom is -0.394 e. The van der Waals surface area contributed by atoms with Crippen molar-refractivity contribution in [1.29, 1.82) is 0 Å². The predicted molar refractivity (Wildman–Crippen MR) is 99.5 cm³/mol. The van der Waals surface area contributed by atoms with Crippen LogP contribution in [0.25, 0.3) is 0 Å². The molecule has 0 aromatic heterocycles. The van der Waals surface area contributed by atoms with E-state index in [0.29, 0.717) is 33.0 Å². The third kappa shape index (κ3) is 22.2. The Bertz CT molecular complexity index is 185. The van der Waals surface area contributed by atoms with Crippen LogP contribution in [0.4, 0.5) is 0 Å². The molecule has 0 aromatic carbocycles. The van der Waals surface area contributed by atoms with E-state index in [1.165, 1.54) is 57.1 Å². The van der Waals surface area contributed by atoms with Gasteiger partial charge in [-0.25, -0.2) is 0 Å². The molecule has 23 heavy (non-hydrogen) atoms. The van der Waals surface area contributed by atoms with Crippen LogP contribution in [0.1, 0.15) is 58.3 Å². The van der Waals surface area contributed by atoms with E-state index in [1.807, 2.05) is 11.8 Å². The molecule has 0 aliphatic heterocycles. The topological polar surface area (TPSA) is 47.9 Å². The average Bonchev–Trinajstić information content (AvgIpc) is 2.57. The molecular weight excluding hydrogens is 312 g/mol. The first-order valence-corrected chi connectivity index (χ1v) is 10.5. The molecule has 4 nitrogen and oxygen atoms in total. The number of hydrogen-bond donors (Lipinski definition) is 1. The van der Waals surface area contributed by atoms with E-state index >= 15 is 0 Å². The highest BCUT2D eigenvalue weighted by Crippen LogP contribution is 2.11. The van der Waals surface area contributed by atoms with Crippen LogP contribution in [0.2, 0.25) is 0 Å². The summed E-state index contributed by atoms with van der Waals surface area (Å²) >= 11 is 1.99. The number of ether oxygens (including phenoxy) is 3. The lowest BCUT2D eigenvalue weighted by Gasteiger charge is -2.06. The summed E-state index contributed by atoms with van der Waals surface area (Å²) < 4.78 is 16.0. The van der Waals surface area contributed by atoms with Crippen molar-refractivity contribution in [3.05, 3.63) is 0 Å². The van der Waals surface area contributed by atoms with Crippen LogP contribution in [0.5, 0.6) is 0 Å². The summed E-state index contributed by atoms with van der Waals surface area (Å²) in [5.41, 5.74) is 0. The van der Waals surface area contributed by atoms with Gasteiger partial charge < -0.3 is 19.3 Å². The number of hydrogen-bond acceptors (Lipinski definition) is 5.